The Hall–Kier alpha value is -2.17. The first-order chi connectivity index (χ1) is 9.59. The average Bonchev–Trinajstić information content (AvgIpc) is 2.43. The van der Waals surface area contributed by atoms with Gasteiger partial charge in [-0.15, -0.1) is 0 Å². The molecule has 0 radical (unpaired) electrons. The van der Waals surface area contributed by atoms with E-state index < -0.39 is 11.7 Å². The fraction of sp³-hybridized carbons (Fsp3) is 0.400. The minimum Gasteiger partial charge on any atom is -0.350 e. The molecule has 0 aromatic heterocycles. The van der Waals surface area contributed by atoms with E-state index in [4.69, 9.17) is 0 Å². The van der Waals surface area contributed by atoms with Gasteiger partial charge in [0, 0.05) is 25.6 Å². The quantitative estimate of drug-likeness (QED) is 0.562. The van der Waals surface area contributed by atoms with Crippen LogP contribution >= 0.6 is 0 Å². The van der Waals surface area contributed by atoms with E-state index in [1.54, 1.807) is 0 Å². The van der Waals surface area contributed by atoms with Crippen molar-refractivity contribution >= 4 is 23.3 Å². The van der Waals surface area contributed by atoms with Crippen LogP contribution in [0.5, 0.6) is 0 Å². The van der Waals surface area contributed by atoms with Gasteiger partial charge in [-0.2, -0.15) is 0 Å². The zero-order valence-electron chi connectivity index (χ0n) is 11.6. The second-order valence-electron chi connectivity index (χ2n) is 4.54. The van der Waals surface area contributed by atoms with Gasteiger partial charge in [0.2, 0.25) is 11.7 Å². The maximum Gasteiger partial charge on any atom is 0.287 e. The molecular formula is C15H20N2O3. The van der Waals surface area contributed by atoms with Crippen LogP contribution in [0, 0.1) is 0 Å². The highest BCUT2D eigenvalue weighted by atomic mass is 16.2. The number of carbonyl (C=O) groups is 3. The molecule has 0 atom stereocenters. The molecule has 5 nitrogen and oxygen atoms in total. The van der Waals surface area contributed by atoms with E-state index >= 15 is 0 Å². The summed E-state index contributed by atoms with van der Waals surface area (Å²) in [6.45, 7) is 1.71. The second kappa shape index (κ2) is 8.85. The predicted molar refractivity (Wildman–Crippen MR) is 77.2 cm³/mol. The van der Waals surface area contributed by atoms with Crippen LogP contribution in [0.15, 0.2) is 30.3 Å². The first-order valence-electron chi connectivity index (χ1n) is 6.73. The Morgan fingerprint density at radius 3 is 2.35 bits per heavy atom. The van der Waals surface area contributed by atoms with Gasteiger partial charge in [-0.3, -0.25) is 14.4 Å². The fourth-order valence-electron chi connectivity index (χ4n) is 1.66. The maximum atomic E-state index is 11.6. The third-order valence-corrected chi connectivity index (χ3v) is 2.74. The predicted octanol–water partition coefficient (Wildman–Crippen LogP) is 1.89. The van der Waals surface area contributed by atoms with Crippen molar-refractivity contribution in [3.05, 3.63) is 30.3 Å². The third kappa shape index (κ3) is 6.68. The van der Waals surface area contributed by atoms with Crippen molar-refractivity contribution in [3.63, 3.8) is 0 Å². The van der Waals surface area contributed by atoms with Crippen LogP contribution in [0.25, 0.3) is 0 Å². The topological polar surface area (TPSA) is 75.3 Å². The molecule has 0 fully saturated rings. The Morgan fingerprint density at radius 2 is 1.70 bits per heavy atom. The maximum absolute atomic E-state index is 11.6. The minimum absolute atomic E-state index is 0.0102. The number of ketones is 1. The second-order valence-corrected chi connectivity index (χ2v) is 4.54. The van der Waals surface area contributed by atoms with Crippen LogP contribution in [0.2, 0.25) is 0 Å². The standard InChI is InChI=1S/C15H20N2O3/c1-12(18)15(20)16-11-7-3-6-10-14(19)17-13-8-4-2-5-9-13/h2,4-5,8-9H,3,6-7,10-11H2,1H3,(H,16,20)(H,17,19). The first-order valence-corrected chi connectivity index (χ1v) is 6.73. The fourth-order valence-corrected chi connectivity index (χ4v) is 1.66. The molecule has 1 aromatic rings. The summed E-state index contributed by atoms with van der Waals surface area (Å²) in [6, 6.07) is 9.32. The number of amides is 2. The number of hydrogen-bond acceptors (Lipinski definition) is 3. The summed E-state index contributed by atoms with van der Waals surface area (Å²) >= 11 is 0. The number of anilines is 1. The highest BCUT2D eigenvalue weighted by Crippen LogP contribution is 2.07. The first kappa shape index (κ1) is 15.9. The molecule has 0 saturated carbocycles. The summed E-state index contributed by atoms with van der Waals surface area (Å²) in [5, 5.41) is 5.33. The zero-order chi connectivity index (χ0) is 14.8. The lowest BCUT2D eigenvalue weighted by molar-refractivity contribution is -0.136. The van der Waals surface area contributed by atoms with Gasteiger partial charge in [0.05, 0.1) is 0 Å². The van der Waals surface area contributed by atoms with Crippen molar-refractivity contribution in [3.8, 4) is 0 Å². The van der Waals surface area contributed by atoms with Crippen LogP contribution in [0.1, 0.15) is 32.6 Å². The number of Topliss-reactive ketones (excluding diaryl/α,β-unsaturated/α-hetero) is 1. The van der Waals surface area contributed by atoms with Crippen molar-refractivity contribution in [2.45, 2.75) is 32.6 Å². The van der Waals surface area contributed by atoms with Crippen molar-refractivity contribution in [2.24, 2.45) is 0 Å². The molecule has 108 valence electrons. The number of rotatable bonds is 8. The highest BCUT2D eigenvalue weighted by Gasteiger charge is 2.05. The van der Waals surface area contributed by atoms with Gasteiger partial charge in [-0.25, -0.2) is 0 Å². The molecule has 2 N–H and O–H groups in total. The monoisotopic (exact) mass is 276 g/mol. The Labute approximate surface area is 118 Å². The third-order valence-electron chi connectivity index (χ3n) is 2.74. The van der Waals surface area contributed by atoms with Crippen LogP contribution in [-0.2, 0) is 14.4 Å². The molecule has 1 aromatic carbocycles. The zero-order valence-corrected chi connectivity index (χ0v) is 11.6. The summed E-state index contributed by atoms with van der Waals surface area (Å²) in [7, 11) is 0. The summed E-state index contributed by atoms with van der Waals surface area (Å²) < 4.78 is 0. The SMILES string of the molecule is CC(=O)C(=O)NCCCCCC(=O)Nc1ccccc1. The number of para-hydroxylation sites is 1. The Morgan fingerprint density at radius 1 is 1.00 bits per heavy atom. The molecule has 0 saturated heterocycles. The van der Waals surface area contributed by atoms with E-state index in [9.17, 15) is 14.4 Å². The van der Waals surface area contributed by atoms with E-state index in [1.807, 2.05) is 30.3 Å². The highest BCUT2D eigenvalue weighted by molar-refractivity contribution is 6.35. The Kier molecular flexibility index (Phi) is 7.03. The van der Waals surface area contributed by atoms with Gasteiger partial charge in [-0.05, 0) is 25.0 Å². The van der Waals surface area contributed by atoms with Crippen molar-refractivity contribution in [1.29, 1.82) is 0 Å². The number of carbonyl (C=O) groups excluding carboxylic acids is 3. The summed E-state index contributed by atoms with van der Waals surface area (Å²) in [6.07, 6.45) is 2.81. The molecule has 20 heavy (non-hydrogen) atoms. The number of benzene rings is 1. The Bertz CT molecular complexity index is 457. The van der Waals surface area contributed by atoms with Crippen molar-refractivity contribution in [2.75, 3.05) is 11.9 Å². The molecule has 0 aliphatic rings. The molecule has 0 bridgehead atoms. The number of hydrogen-bond donors (Lipinski definition) is 2. The van der Waals surface area contributed by atoms with E-state index in [0.717, 1.165) is 24.9 Å². The molecule has 0 spiro atoms. The van der Waals surface area contributed by atoms with E-state index in [2.05, 4.69) is 10.6 Å². The van der Waals surface area contributed by atoms with Gasteiger partial charge >= 0.3 is 0 Å². The largest absolute Gasteiger partial charge is 0.350 e. The van der Waals surface area contributed by atoms with Crippen molar-refractivity contribution < 1.29 is 14.4 Å². The normalized spacial score (nSPS) is 9.85. The van der Waals surface area contributed by atoms with Crippen LogP contribution in [-0.4, -0.2) is 24.1 Å². The lowest BCUT2D eigenvalue weighted by Crippen LogP contribution is -2.29. The van der Waals surface area contributed by atoms with Gasteiger partial charge < -0.3 is 10.6 Å². The molecule has 1 rings (SSSR count). The van der Waals surface area contributed by atoms with E-state index in [0.29, 0.717) is 13.0 Å². The molecule has 5 heteroatoms. The average molecular weight is 276 g/mol. The summed E-state index contributed by atoms with van der Waals surface area (Å²) in [5.74, 6) is -1.04. The molecule has 0 heterocycles. The Balaban J connectivity index is 2.05. The molecule has 0 aliphatic carbocycles. The van der Waals surface area contributed by atoms with Gasteiger partial charge in [0.25, 0.3) is 5.91 Å². The van der Waals surface area contributed by atoms with Crippen molar-refractivity contribution in [1.82, 2.24) is 5.32 Å². The van der Waals surface area contributed by atoms with E-state index in [1.165, 1.54) is 6.92 Å². The summed E-state index contributed by atoms with van der Waals surface area (Å²) in [4.78, 5) is 33.2. The van der Waals surface area contributed by atoms with Gasteiger partial charge in [-0.1, -0.05) is 24.6 Å². The minimum atomic E-state index is -0.549. The van der Waals surface area contributed by atoms with Crippen LogP contribution < -0.4 is 10.6 Å². The molecule has 2 amide bonds. The van der Waals surface area contributed by atoms with Gasteiger partial charge in [0.15, 0.2) is 0 Å². The van der Waals surface area contributed by atoms with Crippen LogP contribution in [0.4, 0.5) is 5.69 Å². The number of unbranched alkanes of at least 4 members (excludes halogenated alkanes) is 2. The lowest BCUT2D eigenvalue weighted by Gasteiger charge is -2.05. The van der Waals surface area contributed by atoms with Gasteiger partial charge in [0.1, 0.15) is 0 Å². The van der Waals surface area contributed by atoms with E-state index in [-0.39, 0.29) is 5.91 Å². The van der Waals surface area contributed by atoms with Crippen LogP contribution in [0.3, 0.4) is 0 Å². The molecule has 0 unspecified atom stereocenters. The summed E-state index contributed by atoms with van der Waals surface area (Å²) in [5.41, 5.74) is 0.797. The smallest absolute Gasteiger partial charge is 0.287 e. The lowest BCUT2D eigenvalue weighted by atomic mass is 10.2. The molecular weight excluding hydrogens is 256 g/mol. The number of nitrogens with one attached hydrogen (secondary N) is 2. The molecule has 0 aliphatic heterocycles.